The number of rotatable bonds is 10. The third-order valence-corrected chi connectivity index (χ3v) is 7.80. The SMILES string of the molecule is C=CCCOC(=O)[C@@H]1[C@H]2C(=O)N([C@H](C)CO)C(C(=O)N(CC=C)C(C)(C)C)C23CC[C@@]1(CC)O3. The molecule has 190 valence electrons. The first-order valence-electron chi connectivity index (χ1n) is 12.3. The molecule has 2 bridgehead atoms. The first kappa shape index (κ1) is 26.4. The number of amides is 2. The third-order valence-electron chi connectivity index (χ3n) is 7.80. The maximum Gasteiger partial charge on any atom is 0.312 e. The quantitative estimate of drug-likeness (QED) is 0.296. The highest BCUT2D eigenvalue weighted by Crippen LogP contribution is 2.64. The minimum atomic E-state index is -1.14. The molecule has 3 heterocycles. The van der Waals surface area contributed by atoms with Crippen LogP contribution in [0.4, 0.5) is 0 Å². The topological polar surface area (TPSA) is 96.4 Å². The zero-order valence-electron chi connectivity index (χ0n) is 21.2. The summed E-state index contributed by atoms with van der Waals surface area (Å²) in [4.78, 5) is 44.6. The van der Waals surface area contributed by atoms with Crippen molar-refractivity contribution >= 4 is 17.8 Å². The number of ether oxygens (including phenoxy) is 2. The normalized spacial score (nSPS) is 32.9. The molecule has 6 atom stereocenters. The van der Waals surface area contributed by atoms with E-state index in [0.29, 0.717) is 32.2 Å². The van der Waals surface area contributed by atoms with Gasteiger partial charge in [-0.25, -0.2) is 0 Å². The van der Waals surface area contributed by atoms with Gasteiger partial charge >= 0.3 is 5.97 Å². The van der Waals surface area contributed by atoms with E-state index in [9.17, 15) is 19.5 Å². The van der Waals surface area contributed by atoms with E-state index in [4.69, 9.17) is 9.47 Å². The van der Waals surface area contributed by atoms with Gasteiger partial charge in [0.05, 0.1) is 30.8 Å². The summed E-state index contributed by atoms with van der Waals surface area (Å²) in [6.07, 6.45) is 5.43. The van der Waals surface area contributed by atoms with Crippen molar-refractivity contribution in [3.8, 4) is 0 Å². The molecule has 0 aliphatic carbocycles. The van der Waals surface area contributed by atoms with Crippen LogP contribution >= 0.6 is 0 Å². The number of aliphatic hydroxyl groups is 1. The largest absolute Gasteiger partial charge is 0.465 e. The predicted molar refractivity (Wildman–Crippen MR) is 128 cm³/mol. The Kier molecular flexibility index (Phi) is 7.35. The van der Waals surface area contributed by atoms with Crippen LogP contribution in [0.3, 0.4) is 0 Å². The number of aliphatic hydroxyl groups excluding tert-OH is 1. The van der Waals surface area contributed by atoms with Crippen molar-refractivity contribution in [2.75, 3.05) is 19.8 Å². The van der Waals surface area contributed by atoms with Gasteiger partial charge in [-0.1, -0.05) is 19.1 Å². The molecule has 3 saturated heterocycles. The summed E-state index contributed by atoms with van der Waals surface area (Å²) < 4.78 is 12.2. The minimum absolute atomic E-state index is 0.183. The van der Waals surface area contributed by atoms with Crippen molar-refractivity contribution in [2.24, 2.45) is 11.8 Å². The van der Waals surface area contributed by atoms with Gasteiger partial charge in [0.1, 0.15) is 17.6 Å². The Morgan fingerprint density at radius 1 is 1.32 bits per heavy atom. The summed E-state index contributed by atoms with van der Waals surface area (Å²) in [5.74, 6) is -2.67. The van der Waals surface area contributed by atoms with E-state index >= 15 is 0 Å². The fourth-order valence-corrected chi connectivity index (χ4v) is 6.16. The molecule has 8 heteroatoms. The first-order valence-corrected chi connectivity index (χ1v) is 12.3. The lowest BCUT2D eigenvalue weighted by Gasteiger charge is -2.43. The number of likely N-dealkylation sites (tertiary alicyclic amines) is 1. The Balaban J connectivity index is 2.11. The molecule has 0 aromatic heterocycles. The van der Waals surface area contributed by atoms with E-state index in [0.717, 1.165) is 0 Å². The highest BCUT2D eigenvalue weighted by molar-refractivity contribution is 5.99. The number of nitrogens with zero attached hydrogens (tertiary/aromatic N) is 2. The van der Waals surface area contributed by atoms with Gasteiger partial charge in [-0.15, -0.1) is 13.2 Å². The second-order valence-electron chi connectivity index (χ2n) is 10.8. The Hall–Kier alpha value is -2.19. The highest BCUT2D eigenvalue weighted by Gasteiger charge is 2.79. The summed E-state index contributed by atoms with van der Waals surface area (Å²) in [6, 6.07) is -1.55. The van der Waals surface area contributed by atoms with E-state index in [-0.39, 0.29) is 25.0 Å². The van der Waals surface area contributed by atoms with E-state index < -0.39 is 46.6 Å². The number of fused-ring (bicyclic) bond motifs is 1. The van der Waals surface area contributed by atoms with Crippen LogP contribution in [0.1, 0.15) is 60.3 Å². The van der Waals surface area contributed by atoms with Gasteiger partial charge in [-0.2, -0.15) is 0 Å². The number of carbonyl (C=O) groups excluding carboxylic acids is 3. The number of esters is 1. The van der Waals surface area contributed by atoms with E-state index in [2.05, 4.69) is 13.2 Å². The molecule has 34 heavy (non-hydrogen) atoms. The van der Waals surface area contributed by atoms with Crippen molar-refractivity contribution in [2.45, 2.75) is 89.1 Å². The van der Waals surface area contributed by atoms with Gasteiger partial charge in [0.15, 0.2) is 0 Å². The van der Waals surface area contributed by atoms with Crippen LogP contribution in [0.2, 0.25) is 0 Å². The lowest BCUT2D eigenvalue weighted by molar-refractivity contribution is -0.164. The molecule has 0 saturated carbocycles. The van der Waals surface area contributed by atoms with Gasteiger partial charge in [0.25, 0.3) is 0 Å². The van der Waals surface area contributed by atoms with Gasteiger partial charge in [-0.3, -0.25) is 14.4 Å². The molecule has 0 aromatic carbocycles. The zero-order valence-corrected chi connectivity index (χ0v) is 21.2. The molecule has 0 aromatic rings. The molecule has 0 radical (unpaired) electrons. The molecular formula is C26H40N2O6. The minimum Gasteiger partial charge on any atom is -0.465 e. The summed E-state index contributed by atoms with van der Waals surface area (Å²) in [5, 5.41) is 9.98. The Bertz CT molecular complexity index is 851. The van der Waals surface area contributed by atoms with Crippen molar-refractivity contribution < 1.29 is 29.0 Å². The van der Waals surface area contributed by atoms with Crippen molar-refractivity contribution in [1.82, 2.24) is 9.80 Å². The fourth-order valence-electron chi connectivity index (χ4n) is 6.16. The standard InChI is InChI=1S/C26H40N2O6/c1-8-11-15-33-23(32)19-18-21(30)28(17(4)16-29)20(22(31)27(14-9-2)24(5,6)7)26(18)13-12-25(19,10-3)34-26/h8-9,17-20,29H,1-2,10-16H2,3-7H3/t17-,18+,19+,20?,25-,26?/m1/s1. The molecule has 1 N–H and O–H groups in total. The lowest BCUT2D eigenvalue weighted by Crippen LogP contribution is -2.61. The lowest BCUT2D eigenvalue weighted by atomic mass is 9.65. The molecule has 8 nitrogen and oxygen atoms in total. The van der Waals surface area contributed by atoms with Gasteiger partial charge in [-0.05, 0) is 53.4 Å². The molecule has 3 aliphatic rings. The second-order valence-corrected chi connectivity index (χ2v) is 10.8. The van der Waals surface area contributed by atoms with Gasteiger partial charge < -0.3 is 24.4 Å². The van der Waals surface area contributed by atoms with Gasteiger partial charge in [0, 0.05) is 12.1 Å². The molecule has 1 spiro atoms. The molecule has 3 fully saturated rings. The van der Waals surface area contributed by atoms with Crippen LogP contribution in [0.5, 0.6) is 0 Å². The number of hydrogen-bond donors (Lipinski definition) is 1. The number of hydrogen-bond acceptors (Lipinski definition) is 6. The van der Waals surface area contributed by atoms with Crippen LogP contribution in [0.25, 0.3) is 0 Å². The van der Waals surface area contributed by atoms with Crippen molar-refractivity contribution in [1.29, 1.82) is 0 Å². The average molecular weight is 477 g/mol. The van der Waals surface area contributed by atoms with Crippen LogP contribution in [-0.2, 0) is 23.9 Å². The first-order chi connectivity index (χ1) is 16.0. The predicted octanol–water partition coefficient (Wildman–Crippen LogP) is 2.45. The van der Waals surface area contributed by atoms with Crippen molar-refractivity contribution in [3.63, 3.8) is 0 Å². The summed E-state index contributed by atoms with van der Waals surface area (Å²) >= 11 is 0. The maximum atomic E-state index is 14.2. The van der Waals surface area contributed by atoms with Gasteiger partial charge in [0.2, 0.25) is 11.8 Å². The molecule has 3 rings (SSSR count). The monoisotopic (exact) mass is 476 g/mol. The third kappa shape index (κ3) is 3.88. The van der Waals surface area contributed by atoms with Crippen LogP contribution in [-0.4, -0.2) is 81.3 Å². The van der Waals surface area contributed by atoms with Crippen LogP contribution < -0.4 is 0 Å². The average Bonchev–Trinajstić information content (AvgIpc) is 3.39. The second kappa shape index (κ2) is 9.46. The summed E-state index contributed by atoms with van der Waals surface area (Å²) in [6.45, 7) is 17.1. The summed E-state index contributed by atoms with van der Waals surface area (Å²) in [5.41, 5.74) is -2.51. The van der Waals surface area contributed by atoms with Crippen LogP contribution in [0, 0.1) is 11.8 Å². The molecule has 2 unspecified atom stereocenters. The van der Waals surface area contributed by atoms with Crippen LogP contribution in [0.15, 0.2) is 25.3 Å². The smallest absolute Gasteiger partial charge is 0.312 e. The maximum absolute atomic E-state index is 14.2. The highest BCUT2D eigenvalue weighted by atomic mass is 16.6. The van der Waals surface area contributed by atoms with E-state index in [1.54, 1.807) is 24.0 Å². The van der Waals surface area contributed by atoms with Crippen molar-refractivity contribution in [3.05, 3.63) is 25.3 Å². The zero-order chi connectivity index (χ0) is 25.5. The molecule has 3 aliphatic heterocycles. The Labute approximate surface area is 202 Å². The molecule has 2 amide bonds. The Morgan fingerprint density at radius 3 is 2.53 bits per heavy atom. The summed E-state index contributed by atoms with van der Waals surface area (Å²) in [7, 11) is 0. The fraction of sp³-hybridized carbons (Fsp3) is 0.731. The van der Waals surface area contributed by atoms with E-state index in [1.807, 2.05) is 27.7 Å². The van der Waals surface area contributed by atoms with E-state index in [1.165, 1.54) is 4.90 Å². The number of carbonyl (C=O) groups is 3. The molecular weight excluding hydrogens is 436 g/mol. The Morgan fingerprint density at radius 2 is 2.00 bits per heavy atom.